The van der Waals surface area contributed by atoms with Crippen LogP contribution in [0.25, 0.3) is 0 Å². The molecule has 6 heteroatoms. The zero-order chi connectivity index (χ0) is 13.5. The average Bonchev–Trinajstić information content (AvgIpc) is 2.95. The van der Waals surface area contributed by atoms with Crippen LogP contribution in [0.4, 0.5) is 4.39 Å². The van der Waals surface area contributed by atoms with E-state index in [9.17, 15) is 9.50 Å². The molecule has 100 valence electrons. The van der Waals surface area contributed by atoms with Crippen molar-refractivity contribution in [3.63, 3.8) is 0 Å². The van der Waals surface area contributed by atoms with Gasteiger partial charge in [0, 0.05) is 5.02 Å². The van der Waals surface area contributed by atoms with E-state index in [4.69, 9.17) is 11.6 Å². The van der Waals surface area contributed by atoms with Crippen LogP contribution in [0.3, 0.4) is 0 Å². The Kier molecular flexibility index (Phi) is 2.83. The maximum absolute atomic E-state index is 14.6. The second-order valence-corrected chi connectivity index (χ2v) is 5.36. The van der Waals surface area contributed by atoms with Crippen LogP contribution in [0.2, 0.25) is 5.02 Å². The molecule has 1 aliphatic carbocycles. The Labute approximate surface area is 114 Å². The van der Waals surface area contributed by atoms with Crippen LogP contribution < -0.4 is 0 Å². The van der Waals surface area contributed by atoms with Crippen LogP contribution in [0.5, 0.6) is 0 Å². The fourth-order valence-corrected chi connectivity index (χ4v) is 2.42. The Morgan fingerprint density at radius 2 is 2.05 bits per heavy atom. The second kappa shape index (κ2) is 4.28. The van der Waals surface area contributed by atoms with Gasteiger partial charge >= 0.3 is 0 Å². The summed E-state index contributed by atoms with van der Waals surface area (Å²) in [5, 5.41) is 15.3. The van der Waals surface area contributed by atoms with E-state index in [1.807, 2.05) is 0 Å². The first-order valence-electron chi connectivity index (χ1n) is 6.03. The Morgan fingerprint density at radius 3 is 2.58 bits per heavy atom. The van der Waals surface area contributed by atoms with Gasteiger partial charge in [0.25, 0.3) is 0 Å². The van der Waals surface area contributed by atoms with E-state index >= 15 is 0 Å². The quantitative estimate of drug-likeness (QED) is 0.936. The molecular formula is C13H13ClFN3O. The summed E-state index contributed by atoms with van der Waals surface area (Å²) in [5.41, 5.74) is -2.70. The van der Waals surface area contributed by atoms with Crippen molar-refractivity contribution >= 4 is 11.6 Å². The third kappa shape index (κ3) is 2.13. The molecule has 3 rings (SSSR count). The molecule has 1 fully saturated rings. The maximum atomic E-state index is 14.6. The van der Waals surface area contributed by atoms with Crippen molar-refractivity contribution in [3.8, 4) is 0 Å². The van der Waals surface area contributed by atoms with Gasteiger partial charge in [-0.25, -0.2) is 14.1 Å². The lowest BCUT2D eigenvalue weighted by Gasteiger charge is -2.32. The normalized spacial score (nSPS) is 19.9. The number of halogens is 2. The lowest BCUT2D eigenvalue weighted by atomic mass is 9.87. The number of aromatic nitrogens is 3. The van der Waals surface area contributed by atoms with Gasteiger partial charge in [0.15, 0.2) is 0 Å². The van der Waals surface area contributed by atoms with Crippen molar-refractivity contribution in [3.05, 3.63) is 47.5 Å². The molecule has 1 N–H and O–H groups in total. The van der Waals surface area contributed by atoms with Gasteiger partial charge in [-0.2, -0.15) is 5.10 Å². The third-order valence-electron chi connectivity index (χ3n) is 3.61. The number of benzene rings is 1. The molecule has 0 saturated heterocycles. The Balaban J connectivity index is 1.99. The zero-order valence-corrected chi connectivity index (χ0v) is 10.9. The molecule has 1 unspecified atom stereocenters. The van der Waals surface area contributed by atoms with E-state index < -0.39 is 11.3 Å². The Bertz CT molecular complexity index is 568. The van der Waals surface area contributed by atoms with Gasteiger partial charge in [0.05, 0.1) is 6.54 Å². The number of hydrogen-bond donors (Lipinski definition) is 1. The fraction of sp³-hybridized carbons (Fsp3) is 0.385. The molecule has 1 atom stereocenters. The minimum atomic E-state index is -1.61. The van der Waals surface area contributed by atoms with E-state index in [1.165, 1.54) is 17.3 Å². The molecule has 0 aliphatic heterocycles. The van der Waals surface area contributed by atoms with Crippen molar-refractivity contribution in [2.75, 3.05) is 0 Å². The lowest BCUT2D eigenvalue weighted by Crippen LogP contribution is -2.42. The van der Waals surface area contributed by atoms with Gasteiger partial charge in [-0.05, 0) is 30.5 Å². The predicted molar refractivity (Wildman–Crippen MR) is 68.4 cm³/mol. The summed E-state index contributed by atoms with van der Waals surface area (Å²) in [7, 11) is 0. The van der Waals surface area contributed by atoms with E-state index in [1.54, 1.807) is 24.3 Å². The summed E-state index contributed by atoms with van der Waals surface area (Å²) < 4.78 is 16.0. The molecule has 0 bridgehead atoms. The Morgan fingerprint density at radius 1 is 1.37 bits per heavy atom. The molecule has 4 nitrogen and oxygen atoms in total. The number of aliphatic hydroxyl groups is 1. The van der Waals surface area contributed by atoms with Crippen molar-refractivity contribution in [1.29, 1.82) is 0 Å². The first-order valence-corrected chi connectivity index (χ1v) is 6.41. The summed E-state index contributed by atoms with van der Waals surface area (Å²) in [6.45, 7) is 0.0329. The minimum absolute atomic E-state index is 0.0329. The molecule has 1 heterocycles. The lowest BCUT2D eigenvalue weighted by molar-refractivity contribution is -0.0719. The largest absolute Gasteiger partial charge is 0.380 e. The van der Waals surface area contributed by atoms with Gasteiger partial charge in [-0.1, -0.05) is 23.7 Å². The number of hydrogen-bond acceptors (Lipinski definition) is 3. The molecule has 19 heavy (non-hydrogen) atoms. The third-order valence-corrected chi connectivity index (χ3v) is 3.86. The fourth-order valence-electron chi connectivity index (χ4n) is 2.29. The smallest absolute Gasteiger partial charge is 0.145 e. The summed E-state index contributed by atoms with van der Waals surface area (Å²) in [4.78, 5) is 3.81. The Hall–Kier alpha value is -1.46. The first-order chi connectivity index (χ1) is 9.03. The number of alkyl halides is 1. The van der Waals surface area contributed by atoms with E-state index in [2.05, 4.69) is 10.1 Å². The summed E-state index contributed by atoms with van der Waals surface area (Å²) >= 11 is 5.83. The van der Waals surface area contributed by atoms with Gasteiger partial charge in [-0.3, -0.25) is 0 Å². The SMILES string of the molecule is OC(Cn1cncn1)(c1ccc(Cl)cc1)C1(F)CC1. The van der Waals surface area contributed by atoms with E-state index in [-0.39, 0.29) is 6.54 Å². The molecule has 2 aromatic rings. The van der Waals surface area contributed by atoms with Crippen LogP contribution in [0.15, 0.2) is 36.9 Å². The van der Waals surface area contributed by atoms with Crippen molar-refractivity contribution in [1.82, 2.24) is 14.8 Å². The molecule has 1 aromatic carbocycles. The highest BCUT2D eigenvalue weighted by Gasteiger charge is 2.61. The van der Waals surface area contributed by atoms with Crippen LogP contribution in [-0.4, -0.2) is 25.5 Å². The second-order valence-electron chi connectivity index (χ2n) is 4.93. The predicted octanol–water partition coefficient (Wildman–Crippen LogP) is 2.32. The molecule has 1 aliphatic rings. The summed E-state index contributed by atoms with van der Waals surface area (Å²) in [6.07, 6.45) is 3.52. The van der Waals surface area contributed by atoms with Gasteiger partial charge in [0.2, 0.25) is 0 Å². The highest BCUT2D eigenvalue weighted by molar-refractivity contribution is 6.30. The summed E-state index contributed by atoms with van der Waals surface area (Å²) in [5.74, 6) is 0. The number of nitrogens with zero attached hydrogens (tertiary/aromatic N) is 3. The van der Waals surface area contributed by atoms with Crippen LogP contribution in [-0.2, 0) is 12.1 Å². The average molecular weight is 282 g/mol. The standard InChI is InChI=1S/C13H13ClFN3O/c14-11-3-1-10(2-4-11)13(19,12(15)5-6-12)7-18-9-16-8-17-18/h1-4,8-9,19H,5-7H2. The number of rotatable bonds is 4. The molecule has 1 aromatic heterocycles. The molecule has 0 amide bonds. The van der Waals surface area contributed by atoms with Crippen LogP contribution in [0.1, 0.15) is 18.4 Å². The first kappa shape index (κ1) is 12.6. The van der Waals surface area contributed by atoms with Crippen LogP contribution >= 0.6 is 11.6 Å². The molecule has 1 saturated carbocycles. The zero-order valence-electron chi connectivity index (χ0n) is 10.1. The highest BCUT2D eigenvalue weighted by atomic mass is 35.5. The minimum Gasteiger partial charge on any atom is -0.380 e. The van der Waals surface area contributed by atoms with Gasteiger partial charge in [0.1, 0.15) is 23.9 Å². The van der Waals surface area contributed by atoms with Crippen molar-refractivity contribution in [2.24, 2.45) is 0 Å². The maximum Gasteiger partial charge on any atom is 0.145 e. The molecule has 0 radical (unpaired) electrons. The topological polar surface area (TPSA) is 50.9 Å². The van der Waals surface area contributed by atoms with E-state index in [0.29, 0.717) is 23.4 Å². The van der Waals surface area contributed by atoms with Crippen molar-refractivity contribution < 1.29 is 9.50 Å². The van der Waals surface area contributed by atoms with Crippen molar-refractivity contribution in [2.45, 2.75) is 30.7 Å². The van der Waals surface area contributed by atoms with E-state index in [0.717, 1.165) is 0 Å². The highest BCUT2D eigenvalue weighted by Crippen LogP contribution is 2.54. The van der Waals surface area contributed by atoms with Gasteiger partial charge in [-0.15, -0.1) is 0 Å². The molecular weight excluding hydrogens is 269 g/mol. The van der Waals surface area contributed by atoms with Crippen LogP contribution in [0, 0.1) is 0 Å². The van der Waals surface area contributed by atoms with Gasteiger partial charge < -0.3 is 5.11 Å². The molecule has 0 spiro atoms. The monoisotopic (exact) mass is 281 g/mol. The summed E-state index contributed by atoms with van der Waals surface area (Å²) in [6, 6.07) is 6.60.